The fourth-order valence-corrected chi connectivity index (χ4v) is 2.05. The van der Waals surface area contributed by atoms with Crippen LogP contribution >= 0.6 is 0 Å². The molecule has 0 radical (unpaired) electrons. The summed E-state index contributed by atoms with van der Waals surface area (Å²) >= 11 is 0. The summed E-state index contributed by atoms with van der Waals surface area (Å²) in [6, 6.07) is 9.96. The van der Waals surface area contributed by atoms with Crippen molar-refractivity contribution in [3.63, 3.8) is 0 Å². The van der Waals surface area contributed by atoms with Gasteiger partial charge in [-0.05, 0) is 26.0 Å². The van der Waals surface area contributed by atoms with Gasteiger partial charge in [-0.25, -0.2) is 9.97 Å². The smallest absolute Gasteiger partial charge is 0.150 e. The van der Waals surface area contributed by atoms with Crippen LogP contribution in [0.1, 0.15) is 11.4 Å². The number of aryl methyl sites for hydroxylation is 2. The van der Waals surface area contributed by atoms with Crippen LogP contribution in [0.2, 0.25) is 0 Å². The van der Waals surface area contributed by atoms with E-state index in [-0.39, 0.29) is 0 Å². The maximum Gasteiger partial charge on any atom is 0.150 e. The molecule has 4 nitrogen and oxygen atoms in total. The van der Waals surface area contributed by atoms with Crippen molar-refractivity contribution in [3.05, 3.63) is 47.9 Å². The molecule has 1 aromatic carbocycles. The molecule has 2 heterocycles. The Kier molecular flexibility index (Phi) is 2.63. The number of benzene rings is 1. The minimum atomic E-state index is 0.457. The van der Waals surface area contributed by atoms with E-state index in [1.54, 1.807) is 6.20 Å². The number of nitrogens with two attached hydrogens (primary N) is 1. The second-order valence-electron chi connectivity index (χ2n) is 4.54. The zero-order valence-electron chi connectivity index (χ0n) is 10.9. The molecule has 0 spiro atoms. The van der Waals surface area contributed by atoms with Crippen LogP contribution in [0, 0.1) is 13.8 Å². The highest BCUT2D eigenvalue weighted by atomic mass is 14.9. The SMILES string of the molecule is Cc1nc(N)c(-c2ccc3cccnc3c2)nc1C. The summed E-state index contributed by atoms with van der Waals surface area (Å²) in [7, 11) is 0. The van der Waals surface area contributed by atoms with Gasteiger partial charge in [0.25, 0.3) is 0 Å². The first-order valence-electron chi connectivity index (χ1n) is 6.11. The maximum atomic E-state index is 5.97. The molecule has 0 saturated carbocycles. The topological polar surface area (TPSA) is 64.7 Å². The molecule has 0 aliphatic carbocycles. The number of fused-ring (bicyclic) bond motifs is 1. The highest BCUT2D eigenvalue weighted by molar-refractivity contribution is 5.85. The Bertz CT molecular complexity index is 765. The van der Waals surface area contributed by atoms with Crippen molar-refractivity contribution >= 4 is 16.7 Å². The lowest BCUT2D eigenvalue weighted by Gasteiger charge is -2.08. The fourth-order valence-electron chi connectivity index (χ4n) is 2.05. The van der Waals surface area contributed by atoms with Crippen molar-refractivity contribution in [2.45, 2.75) is 13.8 Å². The highest BCUT2D eigenvalue weighted by Gasteiger charge is 2.09. The predicted molar refractivity (Wildman–Crippen MR) is 76.7 cm³/mol. The van der Waals surface area contributed by atoms with Gasteiger partial charge in [0.1, 0.15) is 11.5 Å². The van der Waals surface area contributed by atoms with Crippen LogP contribution in [0.15, 0.2) is 36.5 Å². The summed E-state index contributed by atoms with van der Waals surface area (Å²) in [5.41, 5.74) is 10.3. The van der Waals surface area contributed by atoms with Gasteiger partial charge in [0.05, 0.1) is 16.9 Å². The lowest BCUT2D eigenvalue weighted by atomic mass is 10.1. The second kappa shape index (κ2) is 4.31. The fraction of sp³-hybridized carbons (Fsp3) is 0.133. The molecule has 3 aromatic rings. The molecule has 3 rings (SSSR count). The summed E-state index contributed by atoms with van der Waals surface area (Å²) < 4.78 is 0. The van der Waals surface area contributed by atoms with E-state index >= 15 is 0 Å². The molecule has 0 amide bonds. The molecule has 4 heteroatoms. The molecule has 0 fully saturated rings. The van der Waals surface area contributed by atoms with Crippen molar-refractivity contribution in [2.75, 3.05) is 5.73 Å². The first kappa shape index (κ1) is 11.6. The molecule has 2 aromatic heterocycles. The average Bonchev–Trinajstić information content (AvgIpc) is 2.42. The van der Waals surface area contributed by atoms with Gasteiger partial charge >= 0.3 is 0 Å². The van der Waals surface area contributed by atoms with Gasteiger partial charge in [-0.2, -0.15) is 0 Å². The quantitative estimate of drug-likeness (QED) is 0.721. The number of aromatic nitrogens is 3. The average molecular weight is 250 g/mol. The number of nitrogens with zero attached hydrogens (tertiary/aromatic N) is 3. The molecule has 0 aliphatic heterocycles. The molecular weight excluding hydrogens is 236 g/mol. The molecule has 0 saturated heterocycles. The Morgan fingerprint density at radius 2 is 1.79 bits per heavy atom. The van der Waals surface area contributed by atoms with E-state index in [1.165, 1.54) is 0 Å². The van der Waals surface area contributed by atoms with Gasteiger partial charge in [-0.1, -0.05) is 18.2 Å². The Labute approximate surface area is 111 Å². The van der Waals surface area contributed by atoms with E-state index < -0.39 is 0 Å². The van der Waals surface area contributed by atoms with Gasteiger partial charge in [0, 0.05) is 17.1 Å². The van der Waals surface area contributed by atoms with E-state index in [4.69, 9.17) is 5.73 Å². The zero-order chi connectivity index (χ0) is 13.4. The number of pyridine rings is 1. The van der Waals surface area contributed by atoms with E-state index in [0.717, 1.165) is 33.5 Å². The number of hydrogen-bond donors (Lipinski definition) is 1. The molecule has 19 heavy (non-hydrogen) atoms. The number of anilines is 1. The van der Waals surface area contributed by atoms with E-state index in [2.05, 4.69) is 15.0 Å². The third kappa shape index (κ3) is 2.01. The van der Waals surface area contributed by atoms with E-state index in [9.17, 15) is 0 Å². The largest absolute Gasteiger partial charge is 0.382 e. The minimum Gasteiger partial charge on any atom is -0.382 e. The van der Waals surface area contributed by atoms with Crippen LogP contribution in [0.3, 0.4) is 0 Å². The van der Waals surface area contributed by atoms with Gasteiger partial charge in [0.15, 0.2) is 0 Å². The third-order valence-corrected chi connectivity index (χ3v) is 3.21. The van der Waals surface area contributed by atoms with E-state index in [0.29, 0.717) is 5.82 Å². The van der Waals surface area contributed by atoms with Gasteiger partial charge in [-0.3, -0.25) is 4.98 Å². The summed E-state index contributed by atoms with van der Waals surface area (Å²) in [6.45, 7) is 3.84. The van der Waals surface area contributed by atoms with E-state index in [1.807, 2.05) is 44.2 Å². The molecule has 0 aliphatic rings. The summed E-state index contributed by atoms with van der Waals surface area (Å²) in [5.74, 6) is 0.457. The Balaban J connectivity index is 2.21. The van der Waals surface area contributed by atoms with Gasteiger partial charge in [0.2, 0.25) is 0 Å². The Morgan fingerprint density at radius 3 is 2.63 bits per heavy atom. The van der Waals surface area contributed by atoms with Crippen molar-refractivity contribution < 1.29 is 0 Å². The summed E-state index contributed by atoms with van der Waals surface area (Å²) in [6.07, 6.45) is 1.78. The summed E-state index contributed by atoms with van der Waals surface area (Å²) in [5, 5.41) is 1.10. The third-order valence-electron chi connectivity index (χ3n) is 3.21. The van der Waals surface area contributed by atoms with Crippen molar-refractivity contribution in [1.82, 2.24) is 15.0 Å². The van der Waals surface area contributed by atoms with Crippen LogP contribution in [0.25, 0.3) is 22.2 Å². The van der Waals surface area contributed by atoms with Crippen molar-refractivity contribution in [3.8, 4) is 11.3 Å². The zero-order valence-corrected chi connectivity index (χ0v) is 10.9. The maximum absolute atomic E-state index is 5.97. The highest BCUT2D eigenvalue weighted by Crippen LogP contribution is 2.26. The lowest BCUT2D eigenvalue weighted by molar-refractivity contribution is 1.06. The number of nitrogen functional groups attached to an aromatic ring is 1. The summed E-state index contributed by atoms with van der Waals surface area (Å²) in [4.78, 5) is 13.2. The molecule has 94 valence electrons. The van der Waals surface area contributed by atoms with Crippen LogP contribution in [0.4, 0.5) is 5.82 Å². The van der Waals surface area contributed by atoms with Crippen molar-refractivity contribution in [2.24, 2.45) is 0 Å². The van der Waals surface area contributed by atoms with Crippen LogP contribution in [-0.4, -0.2) is 15.0 Å². The Hall–Kier alpha value is -2.49. The second-order valence-corrected chi connectivity index (χ2v) is 4.54. The molecule has 0 unspecified atom stereocenters. The minimum absolute atomic E-state index is 0.457. The molecule has 2 N–H and O–H groups in total. The molecule has 0 atom stereocenters. The van der Waals surface area contributed by atoms with Crippen LogP contribution in [0.5, 0.6) is 0 Å². The standard InChI is InChI=1S/C15H14N4/c1-9-10(2)19-15(16)14(18-9)12-6-5-11-4-3-7-17-13(11)8-12/h3-8H,1-2H3,(H2,16,19). The first-order chi connectivity index (χ1) is 9.15. The lowest BCUT2D eigenvalue weighted by Crippen LogP contribution is -2.02. The van der Waals surface area contributed by atoms with Crippen LogP contribution < -0.4 is 5.73 Å². The van der Waals surface area contributed by atoms with Crippen molar-refractivity contribution in [1.29, 1.82) is 0 Å². The first-order valence-corrected chi connectivity index (χ1v) is 6.11. The van der Waals surface area contributed by atoms with Crippen LogP contribution in [-0.2, 0) is 0 Å². The monoisotopic (exact) mass is 250 g/mol. The normalized spacial score (nSPS) is 10.8. The number of rotatable bonds is 1. The number of hydrogen-bond acceptors (Lipinski definition) is 4. The Morgan fingerprint density at radius 1 is 1.00 bits per heavy atom. The van der Waals surface area contributed by atoms with Gasteiger partial charge in [-0.15, -0.1) is 0 Å². The van der Waals surface area contributed by atoms with Gasteiger partial charge < -0.3 is 5.73 Å². The molecular formula is C15H14N4. The molecule has 0 bridgehead atoms. The predicted octanol–water partition coefficient (Wildman–Crippen LogP) is 2.89.